The van der Waals surface area contributed by atoms with Crippen molar-refractivity contribution >= 4 is 34.9 Å². The number of pyridine rings is 2. The van der Waals surface area contributed by atoms with E-state index in [-0.39, 0.29) is 17.7 Å². The Morgan fingerprint density at radius 1 is 1.16 bits per heavy atom. The fraction of sp³-hybridized carbons (Fsp3) is 0.0968. The van der Waals surface area contributed by atoms with Crippen molar-refractivity contribution in [2.45, 2.75) is 12.5 Å². The van der Waals surface area contributed by atoms with Crippen LogP contribution in [-0.4, -0.2) is 51.4 Å². The number of benzene rings is 2. The quantitative estimate of drug-likeness (QED) is 0.0635. The van der Waals surface area contributed by atoms with Gasteiger partial charge in [0.15, 0.2) is 0 Å². The van der Waals surface area contributed by atoms with Gasteiger partial charge in [0.1, 0.15) is 11.9 Å². The van der Waals surface area contributed by atoms with Crippen molar-refractivity contribution in [3.63, 3.8) is 0 Å². The standard InChI is InChI=1S/C31H24FN7O4/c1-43-31(42)29(12-22-15-35-17-36-22)39(18-40)23-9-8-20(26(32)13-23)5-2-19-3-6-21(7-4-19)28-14-24(30(41)38-33)25-16-34-11-10-27(25)37-28/h3-4,6-11,13-18,29H,12,33H2,1H3,(H,35,36)(H,38,41). The van der Waals surface area contributed by atoms with Crippen molar-refractivity contribution in [3.05, 3.63) is 108 Å². The summed E-state index contributed by atoms with van der Waals surface area (Å²) in [5, 5.41) is 0.569. The van der Waals surface area contributed by atoms with Crippen molar-refractivity contribution in [2.24, 2.45) is 5.84 Å². The first-order chi connectivity index (χ1) is 20.9. The number of esters is 1. The molecule has 2 amide bonds. The number of nitrogens with one attached hydrogen (secondary N) is 2. The van der Waals surface area contributed by atoms with Gasteiger partial charge in [0.05, 0.1) is 41.5 Å². The van der Waals surface area contributed by atoms with Gasteiger partial charge in [0.2, 0.25) is 6.41 Å². The van der Waals surface area contributed by atoms with Crippen LogP contribution in [0.4, 0.5) is 10.1 Å². The van der Waals surface area contributed by atoms with Crippen LogP contribution in [0.25, 0.3) is 22.2 Å². The predicted molar refractivity (Wildman–Crippen MR) is 156 cm³/mol. The Bertz CT molecular complexity index is 1870. The number of carbonyl (C=O) groups is 3. The number of nitrogens with two attached hydrogens (primary N) is 1. The summed E-state index contributed by atoms with van der Waals surface area (Å²) in [7, 11) is 1.21. The summed E-state index contributed by atoms with van der Waals surface area (Å²) < 4.78 is 19.9. The average Bonchev–Trinajstić information content (AvgIpc) is 3.56. The minimum Gasteiger partial charge on any atom is -0.467 e. The first-order valence-electron chi connectivity index (χ1n) is 12.9. The lowest BCUT2D eigenvalue weighted by molar-refractivity contribution is -0.142. The summed E-state index contributed by atoms with van der Waals surface area (Å²) in [6.07, 6.45) is 6.70. The van der Waals surface area contributed by atoms with Gasteiger partial charge in [-0.2, -0.15) is 0 Å². The maximum Gasteiger partial charge on any atom is 0.329 e. The summed E-state index contributed by atoms with van der Waals surface area (Å²) in [6.45, 7) is 0. The van der Waals surface area contributed by atoms with Crippen LogP contribution in [-0.2, 0) is 20.7 Å². The fourth-order valence-electron chi connectivity index (χ4n) is 4.46. The number of methoxy groups -OCH3 is 1. The lowest BCUT2D eigenvalue weighted by Crippen LogP contribution is -2.43. The minimum absolute atomic E-state index is 0.0710. The SMILES string of the molecule is COC(=O)C(Cc1c[nH]cn1)N(C=O)c1ccc(C#Cc2ccc(-c3cc(C(=O)NN)c4cnccc4n3)cc2)c(F)c1. The van der Waals surface area contributed by atoms with E-state index in [0.717, 1.165) is 16.5 Å². The number of H-pyrrole nitrogens is 1. The van der Waals surface area contributed by atoms with Crippen molar-refractivity contribution in [1.82, 2.24) is 25.4 Å². The van der Waals surface area contributed by atoms with E-state index in [1.165, 1.54) is 25.6 Å². The van der Waals surface area contributed by atoms with Crippen molar-refractivity contribution < 1.29 is 23.5 Å². The highest BCUT2D eigenvalue weighted by Gasteiger charge is 2.28. The number of hydrogen-bond donors (Lipinski definition) is 3. The highest BCUT2D eigenvalue weighted by molar-refractivity contribution is 6.06. The molecule has 214 valence electrons. The molecular weight excluding hydrogens is 553 g/mol. The van der Waals surface area contributed by atoms with E-state index in [9.17, 15) is 14.4 Å². The van der Waals surface area contributed by atoms with E-state index in [1.807, 2.05) is 0 Å². The van der Waals surface area contributed by atoms with Crippen LogP contribution in [0.15, 0.2) is 79.5 Å². The van der Waals surface area contributed by atoms with Crippen molar-refractivity contribution in [3.8, 4) is 23.1 Å². The largest absolute Gasteiger partial charge is 0.467 e. The minimum atomic E-state index is -1.05. The molecule has 5 rings (SSSR count). The molecule has 0 aliphatic heterocycles. The number of rotatable bonds is 8. The number of anilines is 1. The lowest BCUT2D eigenvalue weighted by Gasteiger charge is -2.26. The summed E-state index contributed by atoms with van der Waals surface area (Å²) in [5.41, 5.74) is 5.75. The van der Waals surface area contributed by atoms with Gasteiger partial charge in [-0.05, 0) is 42.5 Å². The molecule has 5 aromatic rings. The number of hydrazine groups is 1. The molecule has 0 aliphatic carbocycles. The maximum absolute atomic E-state index is 15.1. The van der Waals surface area contributed by atoms with Gasteiger partial charge in [-0.25, -0.2) is 25.0 Å². The molecule has 0 spiro atoms. The zero-order chi connectivity index (χ0) is 30.3. The Balaban J connectivity index is 1.37. The molecule has 2 aromatic carbocycles. The molecule has 1 unspecified atom stereocenters. The molecule has 1 atom stereocenters. The van der Waals surface area contributed by atoms with E-state index < -0.39 is 23.7 Å². The number of halogens is 1. The first kappa shape index (κ1) is 28.6. The molecule has 3 heterocycles. The molecule has 0 aliphatic rings. The van der Waals surface area contributed by atoms with Gasteiger partial charge in [-0.3, -0.25) is 20.0 Å². The number of nitrogens with zero attached hydrogens (tertiary/aromatic N) is 4. The number of aromatic nitrogens is 4. The van der Waals surface area contributed by atoms with Crippen LogP contribution in [0.2, 0.25) is 0 Å². The Labute approximate surface area is 244 Å². The van der Waals surface area contributed by atoms with Gasteiger partial charge in [-0.1, -0.05) is 24.0 Å². The first-order valence-corrected chi connectivity index (χ1v) is 12.9. The van der Waals surface area contributed by atoms with E-state index in [4.69, 9.17) is 10.6 Å². The number of nitrogen functional groups attached to an aromatic ring is 1. The fourth-order valence-corrected chi connectivity index (χ4v) is 4.46. The third-order valence-electron chi connectivity index (χ3n) is 6.64. The third kappa shape index (κ3) is 6.22. The molecule has 0 saturated heterocycles. The molecule has 0 bridgehead atoms. The Morgan fingerprint density at radius 3 is 2.65 bits per heavy atom. The summed E-state index contributed by atoms with van der Waals surface area (Å²) in [5.74, 6) is 9.28. The summed E-state index contributed by atoms with van der Waals surface area (Å²) in [4.78, 5) is 53.4. The Morgan fingerprint density at radius 2 is 1.98 bits per heavy atom. The van der Waals surface area contributed by atoms with Crippen LogP contribution >= 0.6 is 0 Å². The maximum atomic E-state index is 15.1. The second-order valence-corrected chi connectivity index (χ2v) is 9.23. The lowest BCUT2D eigenvalue weighted by atomic mass is 10.0. The van der Waals surface area contributed by atoms with Crippen molar-refractivity contribution in [1.29, 1.82) is 0 Å². The van der Waals surface area contributed by atoms with Gasteiger partial charge in [-0.15, -0.1) is 0 Å². The Hall–Kier alpha value is -5.93. The summed E-state index contributed by atoms with van der Waals surface area (Å²) in [6, 6.07) is 13.4. The predicted octanol–water partition coefficient (Wildman–Crippen LogP) is 2.91. The Kier molecular flexibility index (Phi) is 8.45. The number of amides is 2. The third-order valence-corrected chi connectivity index (χ3v) is 6.64. The van der Waals surface area contributed by atoms with Gasteiger partial charge < -0.3 is 14.6 Å². The second kappa shape index (κ2) is 12.7. The molecule has 0 fully saturated rings. The highest BCUT2D eigenvalue weighted by Crippen LogP contribution is 2.25. The van der Waals surface area contributed by atoms with Gasteiger partial charge in [0, 0.05) is 47.2 Å². The number of imidazole rings is 1. The van der Waals surface area contributed by atoms with Crippen LogP contribution < -0.4 is 16.2 Å². The molecule has 11 nitrogen and oxygen atoms in total. The van der Waals surface area contributed by atoms with Crippen LogP contribution in [0, 0.1) is 17.7 Å². The zero-order valence-electron chi connectivity index (χ0n) is 22.7. The molecule has 0 radical (unpaired) electrons. The number of hydrogen-bond acceptors (Lipinski definition) is 8. The molecule has 4 N–H and O–H groups in total. The number of carbonyl (C=O) groups excluding carboxylic acids is 3. The molecule has 3 aromatic heterocycles. The smallest absolute Gasteiger partial charge is 0.329 e. The van der Waals surface area contributed by atoms with Crippen LogP contribution in [0.1, 0.15) is 27.2 Å². The number of aromatic amines is 1. The van der Waals surface area contributed by atoms with E-state index >= 15 is 4.39 Å². The molecular formula is C31H24FN7O4. The van der Waals surface area contributed by atoms with E-state index in [0.29, 0.717) is 39.8 Å². The average molecular weight is 578 g/mol. The topological polar surface area (TPSA) is 156 Å². The van der Waals surface area contributed by atoms with E-state index in [2.05, 4.69) is 37.2 Å². The normalized spacial score (nSPS) is 11.2. The van der Waals surface area contributed by atoms with Gasteiger partial charge in [0.25, 0.3) is 5.91 Å². The van der Waals surface area contributed by atoms with E-state index in [1.54, 1.807) is 55.0 Å². The highest BCUT2D eigenvalue weighted by atomic mass is 19.1. The zero-order valence-corrected chi connectivity index (χ0v) is 22.7. The molecule has 43 heavy (non-hydrogen) atoms. The number of ether oxygens (including phenoxy) is 1. The van der Waals surface area contributed by atoms with Gasteiger partial charge >= 0.3 is 5.97 Å². The summed E-state index contributed by atoms with van der Waals surface area (Å²) >= 11 is 0. The monoisotopic (exact) mass is 577 g/mol. The molecule has 12 heteroatoms. The molecule has 0 saturated carbocycles. The van der Waals surface area contributed by atoms with Crippen LogP contribution in [0.5, 0.6) is 0 Å². The van der Waals surface area contributed by atoms with Crippen molar-refractivity contribution in [2.75, 3.05) is 12.0 Å². The second-order valence-electron chi connectivity index (χ2n) is 9.23. The van der Waals surface area contributed by atoms with Crippen LogP contribution in [0.3, 0.4) is 0 Å². The number of fused-ring (bicyclic) bond motifs is 1.